The first-order valence-corrected chi connectivity index (χ1v) is 7.23. The second-order valence-electron chi connectivity index (χ2n) is 3.66. The summed E-state index contributed by atoms with van der Waals surface area (Å²) in [4.78, 5) is -0.0373. The molecule has 0 aliphatic rings. The van der Waals surface area contributed by atoms with E-state index in [1.807, 2.05) is 4.72 Å². The van der Waals surface area contributed by atoms with Gasteiger partial charge in [0.1, 0.15) is 6.10 Å². The van der Waals surface area contributed by atoms with Crippen LogP contribution >= 0.6 is 15.9 Å². The van der Waals surface area contributed by atoms with Gasteiger partial charge >= 0.3 is 0 Å². The van der Waals surface area contributed by atoms with Crippen molar-refractivity contribution in [2.24, 2.45) is 0 Å². The fourth-order valence-electron chi connectivity index (χ4n) is 1.15. The molecule has 8 heteroatoms. The number of hydrogen-bond donors (Lipinski definition) is 2. The summed E-state index contributed by atoms with van der Waals surface area (Å²) < 4.78 is 50.2. The molecule has 4 nitrogen and oxygen atoms in total. The summed E-state index contributed by atoms with van der Waals surface area (Å²) in [7, 11) is -3.89. The SMILES string of the molecule is Cc1cc(S(=O)(=O)NCC(O)C(F)F)ccc1Br. The molecule has 0 saturated heterocycles. The number of sulfonamides is 1. The van der Waals surface area contributed by atoms with E-state index < -0.39 is 29.1 Å². The van der Waals surface area contributed by atoms with Gasteiger partial charge in [0, 0.05) is 11.0 Å². The summed E-state index contributed by atoms with van der Waals surface area (Å²) in [6, 6.07) is 4.29. The highest BCUT2D eigenvalue weighted by atomic mass is 79.9. The average molecular weight is 344 g/mol. The summed E-state index contributed by atoms with van der Waals surface area (Å²) in [6.07, 6.45) is -5.00. The fraction of sp³-hybridized carbons (Fsp3) is 0.400. The highest BCUT2D eigenvalue weighted by Gasteiger charge is 2.21. The third kappa shape index (κ3) is 3.98. The van der Waals surface area contributed by atoms with Gasteiger partial charge in [-0.2, -0.15) is 0 Å². The number of aryl methyl sites for hydroxylation is 1. The van der Waals surface area contributed by atoms with E-state index in [1.54, 1.807) is 13.0 Å². The molecule has 0 saturated carbocycles. The molecule has 0 aliphatic carbocycles. The van der Waals surface area contributed by atoms with Crippen molar-refractivity contribution < 1.29 is 22.3 Å². The van der Waals surface area contributed by atoms with Crippen LogP contribution in [0, 0.1) is 6.92 Å². The molecule has 0 fully saturated rings. The molecule has 0 spiro atoms. The minimum atomic E-state index is -3.89. The van der Waals surface area contributed by atoms with Crippen LogP contribution in [0.5, 0.6) is 0 Å². The lowest BCUT2D eigenvalue weighted by molar-refractivity contribution is -0.000451. The number of halogens is 3. The van der Waals surface area contributed by atoms with Crippen LogP contribution in [0.4, 0.5) is 8.78 Å². The molecular weight excluding hydrogens is 332 g/mol. The first-order chi connectivity index (χ1) is 8.24. The van der Waals surface area contributed by atoms with Crippen LogP contribution in [0.2, 0.25) is 0 Å². The standard InChI is InChI=1S/C10H12BrF2NO3S/c1-6-4-7(2-3-8(6)11)18(16,17)14-5-9(15)10(12)13/h2-4,9-10,14-15H,5H2,1H3. The highest BCUT2D eigenvalue weighted by Crippen LogP contribution is 2.19. The van der Waals surface area contributed by atoms with Crippen LogP contribution in [0.25, 0.3) is 0 Å². The predicted molar refractivity (Wildman–Crippen MR) is 66.1 cm³/mol. The Hall–Kier alpha value is -0.570. The normalized spacial score (nSPS) is 13.9. The molecule has 102 valence electrons. The van der Waals surface area contributed by atoms with Gasteiger partial charge in [-0.1, -0.05) is 15.9 Å². The number of aliphatic hydroxyl groups is 1. The second-order valence-corrected chi connectivity index (χ2v) is 6.29. The minimum Gasteiger partial charge on any atom is -0.386 e. The van der Waals surface area contributed by atoms with Crippen LogP contribution < -0.4 is 4.72 Å². The van der Waals surface area contributed by atoms with Gasteiger partial charge in [-0.3, -0.25) is 0 Å². The van der Waals surface area contributed by atoms with Crippen molar-refractivity contribution in [1.29, 1.82) is 0 Å². The molecule has 1 aromatic carbocycles. The Labute approximate surface area is 112 Å². The zero-order valence-electron chi connectivity index (χ0n) is 9.40. The van der Waals surface area contributed by atoms with Gasteiger partial charge in [-0.15, -0.1) is 0 Å². The predicted octanol–water partition coefficient (Wildman–Crippen LogP) is 1.66. The molecule has 0 radical (unpaired) electrons. The zero-order chi connectivity index (χ0) is 13.9. The molecule has 1 unspecified atom stereocenters. The Morgan fingerprint density at radius 3 is 2.56 bits per heavy atom. The van der Waals surface area contributed by atoms with Crippen molar-refractivity contribution >= 4 is 26.0 Å². The number of rotatable bonds is 5. The molecule has 0 aromatic heterocycles. The second kappa shape index (κ2) is 6.05. The smallest absolute Gasteiger partial charge is 0.265 e. The molecule has 0 aliphatic heterocycles. The number of alkyl halides is 2. The minimum absolute atomic E-state index is 0.0373. The van der Waals surface area contributed by atoms with E-state index in [9.17, 15) is 17.2 Å². The molecular formula is C10H12BrF2NO3S. The zero-order valence-corrected chi connectivity index (χ0v) is 11.8. The summed E-state index contributed by atoms with van der Waals surface area (Å²) in [5, 5.41) is 8.85. The van der Waals surface area contributed by atoms with Crippen molar-refractivity contribution in [2.75, 3.05) is 6.54 Å². The lowest BCUT2D eigenvalue weighted by Gasteiger charge is -2.11. The first kappa shape index (κ1) is 15.5. The van der Waals surface area contributed by atoms with Gasteiger partial charge < -0.3 is 5.11 Å². The van der Waals surface area contributed by atoms with Gasteiger partial charge in [-0.05, 0) is 30.7 Å². The largest absolute Gasteiger partial charge is 0.386 e. The monoisotopic (exact) mass is 343 g/mol. The quantitative estimate of drug-likeness (QED) is 0.854. The van der Waals surface area contributed by atoms with Crippen molar-refractivity contribution in [1.82, 2.24) is 4.72 Å². The Balaban J connectivity index is 2.83. The van der Waals surface area contributed by atoms with Crippen molar-refractivity contribution in [3.05, 3.63) is 28.2 Å². The topological polar surface area (TPSA) is 66.4 Å². The number of benzene rings is 1. The number of aliphatic hydroxyl groups excluding tert-OH is 1. The summed E-state index contributed by atoms with van der Waals surface area (Å²) in [5.74, 6) is 0. The van der Waals surface area contributed by atoms with Crippen LogP contribution in [0.15, 0.2) is 27.6 Å². The van der Waals surface area contributed by atoms with E-state index in [1.165, 1.54) is 12.1 Å². The van der Waals surface area contributed by atoms with Crippen molar-refractivity contribution in [3.8, 4) is 0 Å². The van der Waals surface area contributed by atoms with E-state index in [0.29, 0.717) is 5.56 Å². The maximum Gasteiger partial charge on any atom is 0.265 e. The van der Waals surface area contributed by atoms with Gasteiger partial charge in [0.05, 0.1) is 4.90 Å². The van der Waals surface area contributed by atoms with Crippen LogP contribution in [-0.2, 0) is 10.0 Å². The third-order valence-electron chi connectivity index (χ3n) is 2.21. The summed E-state index contributed by atoms with van der Waals surface area (Å²) in [6.45, 7) is 0.978. The maximum atomic E-state index is 12.0. The van der Waals surface area contributed by atoms with E-state index in [2.05, 4.69) is 15.9 Å². The maximum absolute atomic E-state index is 12.0. The van der Waals surface area contributed by atoms with Crippen molar-refractivity contribution in [2.45, 2.75) is 24.3 Å². The van der Waals surface area contributed by atoms with E-state index in [0.717, 1.165) is 4.47 Å². The Morgan fingerprint density at radius 2 is 2.06 bits per heavy atom. The van der Waals surface area contributed by atoms with Crippen LogP contribution in [-0.4, -0.2) is 32.6 Å². The van der Waals surface area contributed by atoms with Gasteiger partial charge in [0.15, 0.2) is 0 Å². The van der Waals surface area contributed by atoms with Gasteiger partial charge in [0.2, 0.25) is 10.0 Å². The molecule has 18 heavy (non-hydrogen) atoms. The Kier molecular flexibility index (Phi) is 5.20. The lowest BCUT2D eigenvalue weighted by Crippen LogP contribution is -2.35. The molecule has 2 N–H and O–H groups in total. The summed E-state index contributed by atoms with van der Waals surface area (Å²) >= 11 is 3.22. The van der Waals surface area contributed by atoms with Crippen LogP contribution in [0.3, 0.4) is 0 Å². The van der Waals surface area contributed by atoms with Gasteiger partial charge in [0.25, 0.3) is 6.43 Å². The lowest BCUT2D eigenvalue weighted by atomic mass is 10.2. The third-order valence-corrected chi connectivity index (χ3v) is 4.52. The average Bonchev–Trinajstić information content (AvgIpc) is 2.29. The van der Waals surface area contributed by atoms with Crippen molar-refractivity contribution in [3.63, 3.8) is 0 Å². The summed E-state index contributed by atoms with van der Waals surface area (Å²) in [5.41, 5.74) is 0.701. The highest BCUT2D eigenvalue weighted by molar-refractivity contribution is 9.10. The molecule has 1 aromatic rings. The fourth-order valence-corrected chi connectivity index (χ4v) is 2.53. The first-order valence-electron chi connectivity index (χ1n) is 4.96. The Morgan fingerprint density at radius 1 is 1.44 bits per heavy atom. The number of nitrogens with one attached hydrogen (secondary N) is 1. The molecule has 0 bridgehead atoms. The molecule has 1 atom stereocenters. The van der Waals surface area contributed by atoms with Crippen LogP contribution in [0.1, 0.15) is 5.56 Å². The van der Waals surface area contributed by atoms with E-state index in [4.69, 9.17) is 5.11 Å². The molecule has 1 rings (SSSR count). The van der Waals surface area contributed by atoms with E-state index >= 15 is 0 Å². The Bertz CT molecular complexity index is 522. The van der Waals surface area contributed by atoms with Gasteiger partial charge in [-0.25, -0.2) is 21.9 Å². The molecule has 0 amide bonds. The number of hydrogen-bond acceptors (Lipinski definition) is 3. The molecule has 0 heterocycles. The van der Waals surface area contributed by atoms with E-state index in [-0.39, 0.29) is 4.90 Å².